The molecule has 15 heavy (non-hydrogen) atoms. The molecule has 6 heteroatoms. The fourth-order valence-corrected chi connectivity index (χ4v) is 1.89. The van der Waals surface area contributed by atoms with Gasteiger partial charge >= 0.3 is 0 Å². The molecule has 2 aromatic heterocycles. The van der Waals surface area contributed by atoms with Gasteiger partial charge < -0.3 is 5.32 Å². The fraction of sp³-hybridized carbons (Fsp3) is 0.222. The number of nitrogens with zero attached hydrogens (tertiary/aromatic N) is 3. The van der Waals surface area contributed by atoms with Crippen molar-refractivity contribution < 1.29 is 0 Å². The summed E-state index contributed by atoms with van der Waals surface area (Å²) < 4.78 is 0. The molecule has 0 atom stereocenters. The zero-order valence-electron chi connectivity index (χ0n) is 8.17. The van der Waals surface area contributed by atoms with Crippen LogP contribution in [0, 0.1) is 6.92 Å². The van der Waals surface area contributed by atoms with Crippen LogP contribution in [-0.4, -0.2) is 22.0 Å². The SMILES string of the molecule is CNc1cc(C)c2c(Cl)nc(Cl)nc2n1. The maximum atomic E-state index is 5.97. The van der Waals surface area contributed by atoms with Crippen LogP contribution < -0.4 is 5.32 Å². The summed E-state index contributed by atoms with van der Waals surface area (Å²) in [6.45, 7) is 1.92. The predicted molar refractivity (Wildman–Crippen MR) is 61.6 cm³/mol. The number of hydrogen-bond donors (Lipinski definition) is 1. The van der Waals surface area contributed by atoms with Crippen LogP contribution in [0.2, 0.25) is 10.4 Å². The molecule has 4 nitrogen and oxygen atoms in total. The molecule has 0 saturated carbocycles. The molecule has 2 rings (SSSR count). The summed E-state index contributed by atoms with van der Waals surface area (Å²) in [6, 6.07) is 1.88. The predicted octanol–water partition coefficient (Wildman–Crippen LogP) is 2.68. The first-order chi connectivity index (χ1) is 7.11. The molecule has 0 saturated heterocycles. The van der Waals surface area contributed by atoms with Gasteiger partial charge in [-0.05, 0) is 30.2 Å². The molecule has 0 spiro atoms. The lowest BCUT2D eigenvalue weighted by Gasteiger charge is -2.06. The highest BCUT2D eigenvalue weighted by Gasteiger charge is 2.09. The molecule has 78 valence electrons. The van der Waals surface area contributed by atoms with E-state index in [1.54, 1.807) is 7.05 Å². The van der Waals surface area contributed by atoms with Crippen molar-refractivity contribution in [2.75, 3.05) is 12.4 Å². The van der Waals surface area contributed by atoms with Crippen LogP contribution in [-0.2, 0) is 0 Å². The van der Waals surface area contributed by atoms with E-state index in [2.05, 4.69) is 20.3 Å². The molecule has 2 heterocycles. The third kappa shape index (κ3) is 1.82. The molecule has 0 fully saturated rings. The van der Waals surface area contributed by atoms with Gasteiger partial charge in [0.15, 0.2) is 5.65 Å². The van der Waals surface area contributed by atoms with E-state index in [0.29, 0.717) is 10.8 Å². The van der Waals surface area contributed by atoms with E-state index < -0.39 is 0 Å². The summed E-state index contributed by atoms with van der Waals surface area (Å²) in [5.74, 6) is 0.728. The van der Waals surface area contributed by atoms with Gasteiger partial charge in [0.1, 0.15) is 11.0 Å². The van der Waals surface area contributed by atoms with Crippen LogP contribution in [0.25, 0.3) is 11.0 Å². The van der Waals surface area contributed by atoms with Gasteiger partial charge in [-0.1, -0.05) is 11.6 Å². The minimum absolute atomic E-state index is 0.104. The van der Waals surface area contributed by atoms with Crippen LogP contribution in [0.4, 0.5) is 5.82 Å². The Morgan fingerprint density at radius 2 is 1.93 bits per heavy atom. The van der Waals surface area contributed by atoms with Crippen LogP contribution in [0.5, 0.6) is 0 Å². The van der Waals surface area contributed by atoms with Gasteiger partial charge in [0.05, 0.1) is 5.39 Å². The molecule has 1 N–H and O–H groups in total. The van der Waals surface area contributed by atoms with Crippen molar-refractivity contribution in [2.24, 2.45) is 0 Å². The summed E-state index contributed by atoms with van der Waals surface area (Å²) in [4.78, 5) is 12.1. The third-order valence-corrected chi connectivity index (χ3v) is 2.49. The van der Waals surface area contributed by atoms with Crippen molar-refractivity contribution in [3.05, 3.63) is 22.1 Å². The maximum absolute atomic E-state index is 5.97. The van der Waals surface area contributed by atoms with E-state index in [-0.39, 0.29) is 5.28 Å². The first-order valence-electron chi connectivity index (χ1n) is 4.30. The van der Waals surface area contributed by atoms with E-state index in [0.717, 1.165) is 16.8 Å². The summed E-state index contributed by atoms with van der Waals surface area (Å²) >= 11 is 11.7. The van der Waals surface area contributed by atoms with Gasteiger partial charge in [0.25, 0.3) is 0 Å². The Hall–Kier alpha value is -1.13. The second kappa shape index (κ2) is 3.79. The minimum atomic E-state index is 0.104. The normalized spacial score (nSPS) is 10.7. The highest BCUT2D eigenvalue weighted by Crippen LogP contribution is 2.25. The smallest absolute Gasteiger partial charge is 0.225 e. The number of anilines is 1. The lowest BCUT2D eigenvalue weighted by Crippen LogP contribution is -1.97. The first kappa shape index (κ1) is 10.4. The van der Waals surface area contributed by atoms with E-state index in [1.807, 2.05) is 13.0 Å². The number of pyridine rings is 1. The summed E-state index contributed by atoms with van der Waals surface area (Å²) in [6.07, 6.45) is 0. The first-order valence-corrected chi connectivity index (χ1v) is 5.05. The Morgan fingerprint density at radius 3 is 2.60 bits per heavy atom. The van der Waals surface area contributed by atoms with Gasteiger partial charge in [0.2, 0.25) is 5.28 Å². The molecule has 2 aromatic rings. The molecule has 0 bridgehead atoms. The zero-order valence-corrected chi connectivity index (χ0v) is 9.69. The highest BCUT2D eigenvalue weighted by atomic mass is 35.5. The van der Waals surface area contributed by atoms with Crippen molar-refractivity contribution >= 4 is 40.1 Å². The molecule has 0 radical (unpaired) electrons. The van der Waals surface area contributed by atoms with E-state index in [4.69, 9.17) is 23.2 Å². The molecular formula is C9H8Cl2N4. The van der Waals surface area contributed by atoms with Gasteiger partial charge in [-0.3, -0.25) is 0 Å². The standard InChI is InChI=1S/C9H8Cl2N4/c1-4-3-5(12-2)13-8-6(4)7(10)14-9(11)15-8/h3H,1-2H3,(H,12,13,14,15). The Kier molecular flexibility index (Phi) is 2.63. The molecule has 0 aliphatic heterocycles. The molecule has 0 aliphatic rings. The Balaban J connectivity index is 2.85. The molecule has 0 amide bonds. The highest BCUT2D eigenvalue weighted by molar-refractivity contribution is 6.35. The largest absolute Gasteiger partial charge is 0.373 e. The van der Waals surface area contributed by atoms with Gasteiger partial charge in [-0.25, -0.2) is 9.97 Å². The quantitative estimate of drug-likeness (QED) is 0.618. The number of nitrogens with one attached hydrogen (secondary N) is 1. The summed E-state index contributed by atoms with van der Waals surface area (Å²) in [5.41, 5.74) is 1.47. The topological polar surface area (TPSA) is 50.7 Å². The van der Waals surface area contributed by atoms with Crippen molar-refractivity contribution in [3.8, 4) is 0 Å². The van der Waals surface area contributed by atoms with E-state index >= 15 is 0 Å². The Labute approximate surface area is 96.7 Å². The summed E-state index contributed by atoms with van der Waals surface area (Å²) in [7, 11) is 1.79. The van der Waals surface area contributed by atoms with Crippen LogP contribution in [0.1, 0.15) is 5.56 Å². The number of aromatic nitrogens is 3. The zero-order chi connectivity index (χ0) is 11.0. The van der Waals surface area contributed by atoms with Gasteiger partial charge in [-0.2, -0.15) is 4.98 Å². The lowest BCUT2D eigenvalue weighted by atomic mass is 10.2. The molecule has 0 aromatic carbocycles. The number of hydrogen-bond acceptors (Lipinski definition) is 4. The number of aryl methyl sites for hydroxylation is 1. The van der Waals surface area contributed by atoms with Crippen LogP contribution >= 0.6 is 23.2 Å². The molecular weight excluding hydrogens is 235 g/mol. The van der Waals surface area contributed by atoms with E-state index in [9.17, 15) is 0 Å². The monoisotopic (exact) mass is 242 g/mol. The number of rotatable bonds is 1. The fourth-order valence-electron chi connectivity index (χ4n) is 1.37. The Bertz CT molecular complexity index is 527. The average Bonchev–Trinajstić information content (AvgIpc) is 2.15. The van der Waals surface area contributed by atoms with Gasteiger partial charge in [0, 0.05) is 7.05 Å². The molecule has 0 aliphatic carbocycles. The van der Waals surface area contributed by atoms with Crippen molar-refractivity contribution in [3.63, 3.8) is 0 Å². The van der Waals surface area contributed by atoms with Crippen LogP contribution in [0.3, 0.4) is 0 Å². The van der Waals surface area contributed by atoms with Gasteiger partial charge in [-0.15, -0.1) is 0 Å². The lowest BCUT2D eigenvalue weighted by molar-refractivity contribution is 1.17. The van der Waals surface area contributed by atoms with Crippen molar-refractivity contribution in [2.45, 2.75) is 6.92 Å². The maximum Gasteiger partial charge on any atom is 0.225 e. The van der Waals surface area contributed by atoms with Crippen LogP contribution in [0.15, 0.2) is 6.07 Å². The third-order valence-electron chi connectivity index (χ3n) is 2.05. The van der Waals surface area contributed by atoms with E-state index in [1.165, 1.54) is 0 Å². The summed E-state index contributed by atoms with van der Waals surface area (Å²) in [5, 5.41) is 4.11. The average molecular weight is 243 g/mol. The van der Waals surface area contributed by atoms with Crippen molar-refractivity contribution in [1.82, 2.24) is 15.0 Å². The number of fused-ring (bicyclic) bond motifs is 1. The minimum Gasteiger partial charge on any atom is -0.373 e. The molecule has 0 unspecified atom stereocenters. The Morgan fingerprint density at radius 1 is 1.20 bits per heavy atom. The van der Waals surface area contributed by atoms with Crippen molar-refractivity contribution in [1.29, 1.82) is 0 Å². The number of halogens is 2. The second-order valence-electron chi connectivity index (χ2n) is 3.06. The second-order valence-corrected chi connectivity index (χ2v) is 3.75.